The van der Waals surface area contributed by atoms with Gasteiger partial charge in [-0.05, 0) is 53.8 Å². The molecule has 0 N–H and O–H groups in total. The van der Waals surface area contributed by atoms with Gasteiger partial charge in [0, 0.05) is 0 Å². The SMILES string of the molecule is CC(Oc1ccccc1I)C(=O)c1ccc(Cl)s1. The molecule has 1 heterocycles. The molecular weight excluding hydrogens is 383 g/mol. The van der Waals surface area contributed by atoms with Gasteiger partial charge < -0.3 is 4.74 Å². The number of thiophene rings is 1. The van der Waals surface area contributed by atoms with Crippen molar-refractivity contribution in [1.29, 1.82) is 0 Å². The first-order chi connectivity index (χ1) is 8.58. The average Bonchev–Trinajstić information content (AvgIpc) is 2.78. The maximum Gasteiger partial charge on any atom is 0.212 e. The Morgan fingerprint density at radius 1 is 1.33 bits per heavy atom. The van der Waals surface area contributed by atoms with Gasteiger partial charge in [0.05, 0.1) is 12.8 Å². The van der Waals surface area contributed by atoms with E-state index in [9.17, 15) is 4.79 Å². The van der Waals surface area contributed by atoms with E-state index in [1.165, 1.54) is 11.3 Å². The first-order valence-corrected chi connectivity index (χ1v) is 7.56. The summed E-state index contributed by atoms with van der Waals surface area (Å²) in [6.45, 7) is 1.75. The third kappa shape index (κ3) is 3.24. The van der Waals surface area contributed by atoms with Gasteiger partial charge in [-0.15, -0.1) is 11.3 Å². The van der Waals surface area contributed by atoms with Crippen LogP contribution in [0.5, 0.6) is 5.75 Å². The molecule has 1 aromatic heterocycles. The second kappa shape index (κ2) is 6.04. The van der Waals surface area contributed by atoms with Crippen LogP contribution >= 0.6 is 45.5 Å². The summed E-state index contributed by atoms with van der Waals surface area (Å²) in [5, 5.41) is 0. The summed E-state index contributed by atoms with van der Waals surface area (Å²) < 4.78 is 7.27. The van der Waals surface area contributed by atoms with Gasteiger partial charge in [0.25, 0.3) is 0 Å². The summed E-state index contributed by atoms with van der Waals surface area (Å²) in [7, 11) is 0. The summed E-state index contributed by atoms with van der Waals surface area (Å²) in [6, 6.07) is 11.1. The number of carbonyl (C=O) groups excluding carboxylic acids is 1. The molecule has 1 aromatic carbocycles. The Kier molecular flexibility index (Phi) is 4.64. The fourth-order valence-corrected chi connectivity index (χ4v) is 3.01. The topological polar surface area (TPSA) is 26.3 Å². The monoisotopic (exact) mass is 392 g/mol. The number of hydrogen-bond donors (Lipinski definition) is 0. The van der Waals surface area contributed by atoms with Gasteiger partial charge in [-0.2, -0.15) is 0 Å². The van der Waals surface area contributed by atoms with E-state index in [4.69, 9.17) is 16.3 Å². The van der Waals surface area contributed by atoms with E-state index in [1.807, 2.05) is 24.3 Å². The molecule has 0 saturated carbocycles. The molecule has 2 aromatic rings. The van der Waals surface area contributed by atoms with Crippen LogP contribution < -0.4 is 4.74 Å². The highest BCUT2D eigenvalue weighted by molar-refractivity contribution is 14.1. The summed E-state index contributed by atoms with van der Waals surface area (Å²) >= 11 is 9.27. The molecular formula is C13H10ClIO2S. The van der Waals surface area contributed by atoms with Crippen molar-refractivity contribution in [3.8, 4) is 5.75 Å². The molecule has 18 heavy (non-hydrogen) atoms. The predicted molar refractivity (Wildman–Crippen MR) is 82.9 cm³/mol. The van der Waals surface area contributed by atoms with E-state index in [0.717, 1.165) is 9.32 Å². The summed E-state index contributed by atoms with van der Waals surface area (Å²) in [4.78, 5) is 12.7. The zero-order valence-corrected chi connectivity index (χ0v) is 13.3. The van der Waals surface area contributed by atoms with Crippen LogP contribution in [0.1, 0.15) is 16.6 Å². The Balaban J connectivity index is 2.11. The highest BCUT2D eigenvalue weighted by Crippen LogP contribution is 2.25. The largest absolute Gasteiger partial charge is 0.481 e. The summed E-state index contributed by atoms with van der Waals surface area (Å²) in [6.07, 6.45) is -0.518. The van der Waals surface area contributed by atoms with Crippen molar-refractivity contribution in [3.05, 3.63) is 49.2 Å². The van der Waals surface area contributed by atoms with Crippen molar-refractivity contribution in [1.82, 2.24) is 0 Å². The van der Waals surface area contributed by atoms with Crippen molar-refractivity contribution in [2.75, 3.05) is 0 Å². The zero-order valence-electron chi connectivity index (χ0n) is 9.52. The molecule has 0 aliphatic heterocycles. The molecule has 5 heteroatoms. The van der Waals surface area contributed by atoms with Crippen LogP contribution in [0.4, 0.5) is 0 Å². The first-order valence-electron chi connectivity index (χ1n) is 5.28. The molecule has 0 aliphatic carbocycles. The fourth-order valence-electron chi connectivity index (χ4n) is 1.43. The second-order valence-corrected chi connectivity index (χ2v) is 6.54. The molecule has 94 valence electrons. The maximum absolute atomic E-state index is 12.1. The lowest BCUT2D eigenvalue weighted by Crippen LogP contribution is -2.23. The Hall–Kier alpha value is -0.590. The molecule has 1 unspecified atom stereocenters. The predicted octanol–water partition coefficient (Wildman–Crippen LogP) is 4.66. The van der Waals surface area contributed by atoms with E-state index >= 15 is 0 Å². The van der Waals surface area contributed by atoms with Gasteiger partial charge >= 0.3 is 0 Å². The fraction of sp³-hybridized carbons (Fsp3) is 0.154. The average molecular weight is 393 g/mol. The van der Waals surface area contributed by atoms with E-state index in [0.29, 0.717) is 9.21 Å². The molecule has 0 spiro atoms. The van der Waals surface area contributed by atoms with Gasteiger partial charge in [0.1, 0.15) is 5.75 Å². The molecule has 2 nitrogen and oxygen atoms in total. The molecule has 0 aliphatic rings. The molecule has 0 bridgehead atoms. The molecule has 1 atom stereocenters. The third-order valence-corrected chi connectivity index (χ3v) is 4.46. The van der Waals surface area contributed by atoms with Crippen molar-refractivity contribution >= 4 is 51.3 Å². The molecule has 0 radical (unpaired) electrons. The lowest BCUT2D eigenvalue weighted by molar-refractivity contribution is 0.0821. The number of halogens is 2. The van der Waals surface area contributed by atoms with Crippen LogP contribution in [0.3, 0.4) is 0 Å². The Morgan fingerprint density at radius 2 is 2.06 bits per heavy atom. The number of benzene rings is 1. The Bertz CT molecular complexity index is 568. The second-order valence-electron chi connectivity index (χ2n) is 3.66. The van der Waals surface area contributed by atoms with Crippen LogP contribution in [0.2, 0.25) is 4.34 Å². The van der Waals surface area contributed by atoms with Crippen LogP contribution in [0, 0.1) is 3.57 Å². The van der Waals surface area contributed by atoms with Crippen LogP contribution in [-0.2, 0) is 0 Å². The third-order valence-electron chi connectivity index (χ3n) is 2.33. The van der Waals surface area contributed by atoms with E-state index in [1.54, 1.807) is 19.1 Å². The van der Waals surface area contributed by atoms with Crippen LogP contribution in [0.15, 0.2) is 36.4 Å². The van der Waals surface area contributed by atoms with Gasteiger partial charge in [-0.3, -0.25) is 4.79 Å². The van der Waals surface area contributed by atoms with E-state index in [-0.39, 0.29) is 5.78 Å². The minimum Gasteiger partial charge on any atom is -0.481 e. The normalized spacial score (nSPS) is 12.2. The molecule has 2 rings (SSSR count). The summed E-state index contributed by atoms with van der Waals surface area (Å²) in [5.41, 5.74) is 0. The lowest BCUT2D eigenvalue weighted by Gasteiger charge is -2.13. The number of carbonyl (C=O) groups is 1. The highest BCUT2D eigenvalue weighted by atomic mass is 127. The van der Waals surface area contributed by atoms with Gasteiger partial charge in [0.15, 0.2) is 6.10 Å². The standard InChI is InChI=1S/C13H10ClIO2S/c1-8(13(16)11-6-7-12(14)18-11)17-10-5-3-2-4-9(10)15/h2-8H,1H3. The van der Waals surface area contributed by atoms with Crippen LogP contribution in [-0.4, -0.2) is 11.9 Å². The molecule has 0 amide bonds. The van der Waals surface area contributed by atoms with E-state index < -0.39 is 6.10 Å². The van der Waals surface area contributed by atoms with Gasteiger partial charge in [-0.25, -0.2) is 0 Å². The number of rotatable bonds is 4. The quantitative estimate of drug-likeness (QED) is 0.559. The smallest absolute Gasteiger partial charge is 0.212 e. The molecule has 0 saturated heterocycles. The maximum atomic E-state index is 12.1. The van der Waals surface area contributed by atoms with Crippen LogP contribution in [0.25, 0.3) is 0 Å². The summed E-state index contributed by atoms with van der Waals surface area (Å²) in [5.74, 6) is 0.674. The Labute approximate surface area is 128 Å². The highest BCUT2D eigenvalue weighted by Gasteiger charge is 2.19. The lowest BCUT2D eigenvalue weighted by atomic mass is 10.2. The number of ether oxygens (including phenoxy) is 1. The van der Waals surface area contributed by atoms with Gasteiger partial charge in [-0.1, -0.05) is 23.7 Å². The minimum atomic E-state index is -0.518. The van der Waals surface area contributed by atoms with Gasteiger partial charge in [0.2, 0.25) is 5.78 Å². The van der Waals surface area contributed by atoms with E-state index in [2.05, 4.69) is 22.6 Å². The van der Waals surface area contributed by atoms with Crippen molar-refractivity contribution in [2.24, 2.45) is 0 Å². The number of para-hydroxylation sites is 1. The first kappa shape index (κ1) is 13.8. The minimum absolute atomic E-state index is 0.0495. The van der Waals surface area contributed by atoms with Crippen molar-refractivity contribution in [3.63, 3.8) is 0 Å². The Morgan fingerprint density at radius 3 is 2.67 bits per heavy atom. The number of Topliss-reactive ketones (excluding diaryl/α,β-unsaturated/α-hetero) is 1. The number of ketones is 1. The zero-order chi connectivity index (χ0) is 13.1. The van der Waals surface area contributed by atoms with Crippen molar-refractivity contribution < 1.29 is 9.53 Å². The van der Waals surface area contributed by atoms with Crippen molar-refractivity contribution in [2.45, 2.75) is 13.0 Å². The molecule has 0 fully saturated rings. The number of hydrogen-bond acceptors (Lipinski definition) is 3.